The fourth-order valence-electron chi connectivity index (χ4n) is 3.68. The molecule has 2 amide bonds. The monoisotopic (exact) mass is 432 g/mol. The smallest absolute Gasteiger partial charge is 0.272 e. The van der Waals surface area contributed by atoms with Gasteiger partial charge < -0.3 is 20.1 Å². The molecule has 9 heteroatoms. The van der Waals surface area contributed by atoms with Gasteiger partial charge in [0.15, 0.2) is 5.69 Å². The summed E-state index contributed by atoms with van der Waals surface area (Å²) >= 11 is 6.14. The Morgan fingerprint density at radius 2 is 1.97 bits per heavy atom. The number of carbonyl (C=O) groups is 2. The van der Waals surface area contributed by atoms with E-state index in [1.165, 1.54) is 0 Å². The van der Waals surface area contributed by atoms with Crippen molar-refractivity contribution in [1.29, 1.82) is 0 Å². The van der Waals surface area contributed by atoms with E-state index in [2.05, 4.69) is 25.1 Å². The minimum atomic E-state index is -0.688. The van der Waals surface area contributed by atoms with Crippen molar-refractivity contribution in [3.05, 3.63) is 34.9 Å². The third kappa shape index (κ3) is 4.65. The molecule has 0 radical (unpaired) electrons. The number of fused-ring (bicyclic) bond motifs is 1. The van der Waals surface area contributed by atoms with Crippen LogP contribution in [0.1, 0.15) is 43.4 Å². The first-order valence-corrected chi connectivity index (χ1v) is 10.4. The highest BCUT2D eigenvalue weighted by Gasteiger charge is 2.34. The first kappa shape index (κ1) is 22.2. The quantitative estimate of drug-likeness (QED) is 0.773. The van der Waals surface area contributed by atoms with E-state index in [0.717, 1.165) is 30.8 Å². The Labute approximate surface area is 182 Å². The predicted octanol–water partition coefficient (Wildman–Crippen LogP) is 2.32. The van der Waals surface area contributed by atoms with Crippen molar-refractivity contribution in [2.45, 2.75) is 46.3 Å². The topological polar surface area (TPSA) is 92.1 Å². The Balaban J connectivity index is 2.05. The number of aromatic nitrogens is 3. The van der Waals surface area contributed by atoms with Crippen LogP contribution >= 0.6 is 11.6 Å². The number of hydrogen-bond donors (Lipinski definition) is 2. The largest absolute Gasteiger partial charge is 0.357 e. The molecule has 3 heterocycles. The Hall–Kier alpha value is -2.45. The summed E-state index contributed by atoms with van der Waals surface area (Å²) in [5.41, 5.74) is 1.46. The van der Waals surface area contributed by atoms with Crippen molar-refractivity contribution in [2.75, 3.05) is 20.6 Å². The van der Waals surface area contributed by atoms with Crippen molar-refractivity contribution in [1.82, 2.24) is 30.1 Å². The van der Waals surface area contributed by atoms with Crippen LogP contribution in [-0.2, 0) is 17.9 Å². The van der Waals surface area contributed by atoms with E-state index in [1.54, 1.807) is 25.5 Å². The summed E-state index contributed by atoms with van der Waals surface area (Å²) in [7, 11) is 3.59. The summed E-state index contributed by atoms with van der Waals surface area (Å²) in [6.45, 7) is 7.98. The SMILES string of the molecule is CNC(=O)C(NC(=O)c1nc(-c2cncc(Cl)c2)n2c1CN(C)CCC2)C(C)(C)C. The molecule has 0 aliphatic carbocycles. The highest BCUT2D eigenvalue weighted by Crippen LogP contribution is 2.28. The van der Waals surface area contributed by atoms with Gasteiger partial charge in [-0.25, -0.2) is 4.98 Å². The van der Waals surface area contributed by atoms with Gasteiger partial charge in [-0.15, -0.1) is 0 Å². The molecule has 3 rings (SSSR count). The summed E-state index contributed by atoms with van der Waals surface area (Å²) in [5.74, 6) is 0.0593. The maximum atomic E-state index is 13.3. The number of nitrogens with one attached hydrogen (secondary N) is 2. The van der Waals surface area contributed by atoms with E-state index >= 15 is 0 Å². The second kappa shape index (κ2) is 8.73. The normalized spacial score (nSPS) is 15.8. The summed E-state index contributed by atoms with van der Waals surface area (Å²) < 4.78 is 2.07. The van der Waals surface area contributed by atoms with E-state index < -0.39 is 11.5 Å². The van der Waals surface area contributed by atoms with Crippen LogP contribution in [0.15, 0.2) is 18.5 Å². The summed E-state index contributed by atoms with van der Waals surface area (Å²) in [4.78, 5) is 36.7. The van der Waals surface area contributed by atoms with Gasteiger partial charge in [0, 0.05) is 38.1 Å². The van der Waals surface area contributed by atoms with Crippen LogP contribution in [-0.4, -0.2) is 57.9 Å². The first-order chi connectivity index (χ1) is 14.1. The zero-order valence-electron chi connectivity index (χ0n) is 18.1. The van der Waals surface area contributed by atoms with Gasteiger partial charge in [0.05, 0.1) is 10.7 Å². The molecule has 2 N–H and O–H groups in total. The molecular weight excluding hydrogens is 404 g/mol. The molecule has 1 aliphatic rings. The lowest BCUT2D eigenvalue weighted by molar-refractivity contribution is -0.124. The number of imidazole rings is 1. The zero-order chi connectivity index (χ0) is 22.1. The standard InChI is InChI=1S/C21H29ClN6O2/c1-21(2,3)17(20(30)23-4)26-19(29)16-15-12-27(5)7-6-8-28(15)18(25-16)13-9-14(22)11-24-10-13/h9-11,17H,6-8,12H2,1-5H3,(H,23,30)(H,26,29). The lowest BCUT2D eigenvalue weighted by Crippen LogP contribution is -2.53. The Kier molecular flexibility index (Phi) is 6.47. The van der Waals surface area contributed by atoms with Gasteiger partial charge in [0.25, 0.3) is 5.91 Å². The Bertz CT molecular complexity index is 949. The van der Waals surface area contributed by atoms with Gasteiger partial charge in [0.1, 0.15) is 11.9 Å². The molecule has 0 saturated carbocycles. The van der Waals surface area contributed by atoms with Gasteiger partial charge in [-0.05, 0) is 31.5 Å². The molecule has 0 saturated heterocycles. The van der Waals surface area contributed by atoms with Crippen LogP contribution in [0.25, 0.3) is 11.4 Å². The molecule has 1 aliphatic heterocycles. The predicted molar refractivity (Wildman–Crippen MR) is 116 cm³/mol. The molecule has 1 unspecified atom stereocenters. The third-order valence-corrected chi connectivity index (χ3v) is 5.45. The number of nitrogens with zero attached hydrogens (tertiary/aromatic N) is 4. The van der Waals surface area contributed by atoms with Crippen LogP contribution < -0.4 is 10.6 Å². The lowest BCUT2D eigenvalue weighted by atomic mass is 9.86. The number of rotatable bonds is 4. The molecule has 2 aromatic heterocycles. The number of likely N-dealkylation sites (N-methyl/N-ethyl adjacent to an activating group) is 1. The summed E-state index contributed by atoms with van der Waals surface area (Å²) in [6.07, 6.45) is 4.20. The molecule has 0 spiro atoms. The van der Waals surface area contributed by atoms with Crippen molar-refractivity contribution >= 4 is 23.4 Å². The molecule has 162 valence electrons. The van der Waals surface area contributed by atoms with Gasteiger partial charge >= 0.3 is 0 Å². The highest BCUT2D eigenvalue weighted by molar-refractivity contribution is 6.30. The zero-order valence-corrected chi connectivity index (χ0v) is 18.9. The molecule has 1 atom stereocenters. The van der Waals surface area contributed by atoms with Crippen LogP contribution in [0.4, 0.5) is 0 Å². The van der Waals surface area contributed by atoms with Crippen molar-refractivity contribution in [3.8, 4) is 11.4 Å². The maximum Gasteiger partial charge on any atom is 0.272 e. The van der Waals surface area contributed by atoms with E-state index in [9.17, 15) is 9.59 Å². The molecule has 30 heavy (non-hydrogen) atoms. The van der Waals surface area contributed by atoms with Crippen LogP contribution in [0.3, 0.4) is 0 Å². The van der Waals surface area contributed by atoms with Crippen LogP contribution in [0, 0.1) is 5.41 Å². The second-order valence-corrected chi connectivity index (χ2v) is 9.19. The first-order valence-electron chi connectivity index (χ1n) is 10.0. The van der Waals surface area contributed by atoms with Crippen LogP contribution in [0.5, 0.6) is 0 Å². The molecule has 2 aromatic rings. The highest BCUT2D eigenvalue weighted by atomic mass is 35.5. The van der Waals surface area contributed by atoms with E-state index in [4.69, 9.17) is 16.6 Å². The van der Waals surface area contributed by atoms with Crippen LogP contribution in [0.2, 0.25) is 5.02 Å². The number of carbonyl (C=O) groups excluding carboxylic acids is 2. The van der Waals surface area contributed by atoms with Gasteiger partial charge in [-0.3, -0.25) is 14.6 Å². The molecule has 0 bridgehead atoms. The van der Waals surface area contributed by atoms with Gasteiger partial charge in [0.2, 0.25) is 5.91 Å². The molecule has 8 nitrogen and oxygen atoms in total. The second-order valence-electron chi connectivity index (χ2n) is 8.75. The Morgan fingerprint density at radius 1 is 1.23 bits per heavy atom. The average molecular weight is 433 g/mol. The fraction of sp³-hybridized carbons (Fsp3) is 0.524. The lowest BCUT2D eigenvalue weighted by Gasteiger charge is -2.29. The van der Waals surface area contributed by atoms with E-state index in [1.807, 2.05) is 27.8 Å². The van der Waals surface area contributed by atoms with E-state index in [-0.39, 0.29) is 11.8 Å². The summed E-state index contributed by atoms with van der Waals surface area (Å²) in [6, 6.07) is 1.11. The third-order valence-electron chi connectivity index (χ3n) is 5.24. The van der Waals surface area contributed by atoms with Gasteiger partial charge in [-0.2, -0.15) is 0 Å². The average Bonchev–Trinajstić information content (AvgIpc) is 2.91. The maximum absolute atomic E-state index is 13.3. The van der Waals surface area contributed by atoms with Crippen molar-refractivity contribution in [2.24, 2.45) is 5.41 Å². The fourth-order valence-corrected chi connectivity index (χ4v) is 3.85. The minimum absolute atomic E-state index is 0.238. The Morgan fingerprint density at radius 3 is 2.60 bits per heavy atom. The molecule has 0 aromatic carbocycles. The minimum Gasteiger partial charge on any atom is -0.357 e. The van der Waals surface area contributed by atoms with E-state index in [0.29, 0.717) is 23.1 Å². The summed E-state index contributed by atoms with van der Waals surface area (Å²) in [5, 5.41) is 6.04. The van der Waals surface area contributed by atoms with Crippen molar-refractivity contribution in [3.63, 3.8) is 0 Å². The number of halogens is 1. The number of hydrogen-bond acceptors (Lipinski definition) is 5. The number of amides is 2. The van der Waals surface area contributed by atoms with Crippen molar-refractivity contribution < 1.29 is 9.59 Å². The molecular formula is C21H29ClN6O2. The molecule has 0 fully saturated rings. The van der Waals surface area contributed by atoms with Gasteiger partial charge in [-0.1, -0.05) is 32.4 Å². The number of pyridine rings is 1.